The Morgan fingerprint density at radius 2 is 1.37 bits per heavy atom. The second-order valence-electron chi connectivity index (χ2n) is 6.71. The van der Waals surface area contributed by atoms with Crippen molar-refractivity contribution < 1.29 is 18.7 Å². The lowest BCUT2D eigenvalue weighted by Gasteiger charge is -2.15. The Kier molecular flexibility index (Phi) is 5.85. The second-order valence-corrected chi connectivity index (χ2v) is 6.71. The van der Waals surface area contributed by atoms with Crippen molar-refractivity contribution in [3.05, 3.63) is 120 Å². The van der Waals surface area contributed by atoms with Gasteiger partial charge in [0, 0.05) is 17.5 Å². The quantitative estimate of drug-likeness (QED) is 0.278. The van der Waals surface area contributed by atoms with E-state index in [1.807, 2.05) is 78.9 Å². The van der Waals surface area contributed by atoms with Crippen molar-refractivity contribution in [3.63, 3.8) is 0 Å². The topological polar surface area (TPSA) is 35.5 Å². The summed E-state index contributed by atoms with van der Waals surface area (Å²) < 4.78 is 24.6. The lowest BCUT2D eigenvalue weighted by molar-refractivity contribution is 0.149. The van der Waals surface area contributed by atoms with Crippen LogP contribution in [0, 0.1) is 5.82 Å². The Morgan fingerprint density at radius 3 is 2.10 bits per heavy atom. The first-order valence-electron chi connectivity index (χ1n) is 9.56. The molecule has 0 N–H and O–H groups in total. The van der Waals surface area contributed by atoms with Crippen molar-refractivity contribution in [2.75, 3.05) is 0 Å². The summed E-state index contributed by atoms with van der Waals surface area (Å²) >= 11 is 0. The number of para-hydroxylation sites is 2. The van der Waals surface area contributed by atoms with Gasteiger partial charge in [-0.05, 0) is 23.3 Å². The highest BCUT2D eigenvalue weighted by Crippen LogP contribution is 2.35. The lowest BCUT2D eigenvalue weighted by atomic mass is 9.97. The molecule has 0 saturated heterocycles. The smallest absolute Gasteiger partial charge is 0.394 e. The van der Waals surface area contributed by atoms with Crippen LogP contribution < -0.4 is 9.47 Å². The maximum Gasteiger partial charge on any atom is 0.519 e. The molecule has 30 heavy (non-hydrogen) atoms. The third-order valence-corrected chi connectivity index (χ3v) is 4.63. The Balaban J connectivity index is 1.69. The van der Waals surface area contributed by atoms with Gasteiger partial charge in [-0.1, -0.05) is 91.0 Å². The maximum absolute atomic E-state index is 13.9. The summed E-state index contributed by atoms with van der Waals surface area (Å²) in [7, 11) is 0. The Bertz CT molecular complexity index is 1140. The number of hydrogen-bond donors (Lipinski definition) is 0. The van der Waals surface area contributed by atoms with E-state index in [-0.39, 0.29) is 5.75 Å². The van der Waals surface area contributed by atoms with Crippen LogP contribution in [0.15, 0.2) is 103 Å². The van der Waals surface area contributed by atoms with E-state index in [1.54, 1.807) is 6.07 Å². The fourth-order valence-electron chi connectivity index (χ4n) is 3.23. The highest BCUT2D eigenvalue weighted by molar-refractivity contribution is 5.77. The van der Waals surface area contributed by atoms with Gasteiger partial charge in [0.2, 0.25) is 0 Å². The molecule has 0 heterocycles. The first-order chi connectivity index (χ1) is 14.7. The number of carbonyl (C=O) groups excluding carboxylic acids is 1. The molecule has 148 valence electrons. The average Bonchev–Trinajstić information content (AvgIpc) is 2.78. The summed E-state index contributed by atoms with van der Waals surface area (Å²) in [5.41, 5.74) is 3.57. The first-order valence-corrected chi connectivity index (χ1v) is 9.56. The number of hydrogen-bond acceptors (Lipinski definition) is 3. The molecule has 4 aromatic rings. The summed E-state index contributed by atoms with van der Waals surface area (Å²) in [5.74, 6) is -0.409. The lowest BCUT2D eigenvalue weighted by Crippen LogP contribution is -2.16. The van der Waals surface area contributed by atoms with Crippen LogP contribution in [0.1, 0.15) is 11.1 Å². The predicted octanol–water partition coefficient (Wildman–Crippen LogP) is 6.66. The SMILES string of the molecule is O=C(Oc1ccccc1F)Oc1c(Cc2ccccc2)cccc1-c1ccccc1. The third kappa shape index (κ3) is 4.55. The minimum Gasteiger partial charge on any atom is -0.394 e. The minimum atomic E-state index is -0.988. The molecule has 0 atom stereocenters. The molecule has 0 bridgehead atoms. The molecule has 0 amide bonds. The van der Waals surface area contributed by atoms with Gasteiger partial charge in [0.05, 0.1) is 0 Å². The van der Waals surface area contributed by atoms with Gasteiger partial charge in [-0.3, -0.25) is 0 Å². The Hall–Kier alpha value is -3.92. The summed E-state index contributed by atoms with van der Waals surface area (Å²) in [6.45, 7) is 0. The van der Waals surface area contributed by atoms with E-state index in [4.69, 9.17) is 9.47 Å². The molecule has 4 heteroatoms. The van der Waals surface area contributed by atoms with E-state index in [9.17, 15) is 9.18 Å². The van der Waals surface area contributed by atoms with Crippen LogP contribution in [0.2, 0.25) is 0 Å². The zero-order chi connectivity index (χ0) is 20.8. The van der Waals surface area contributed by atoms with Crippen molar-refractivity contribution in [3.8, 4) is 22.6 Å². The van der Waals surface area contributed by atoms with Crippen molar-refractivity contribution >= 4 is 6.16 Å². The molecule has 0 aromatic heterocycles. The van der Waals surface area contributed by atoms with Crippen molar-refractivity contribution in [2.24, 2.45) is 0 Å². The molecule has 0 aliphatic heterocycles. The normalized spacial score (nSPS) is 10.4. The molecule has 0 aliphatic rings. The van der Waals surface area contributed by atoms with E-state index in [0.717, 1.165) is 22.3 Å². The van der Waals surface area contributed by atoms with Crippen LogP contribution in [-0.4, -0.2) is 6.16 Å². The largest absolute Gasteiger partial charge is 0.519 e. The van der Waals surface area contributed by atoms with Crippen LogP contribution in [0.3, 0.4) is 0 Å². The molecule has 0 radical (unpaired) electrons. The monoisotopic (exact) mass is 398 g/mol. The summed E-state index contributed by atoms with van der Waals surface area (Å²) in [5, 5.41) is 0. The maximum atomic E-state index is 13.9. The van der Waals surface area contributed by atoms with Crippen molar-refractivity contribution in [2.45, 2.75) is 6.42 Å². The van der Waals surface area contributed by atoms with Crippen molar-refractivity contribution in [1.82, 2.24) is 0 Å². The van der Waals surface area contributed by atoms with Crippen LogP contribution in [0.25, 0.3) is 11.1 Å². The Labute approximate surface area is 174 Å². The van der Waals surface area contributed by atoms with Crippen molar-refractivity contribution in [1.29, 1.82) is 0 Å². The van der Waals surface area contributed by atoms with Gasteiger partial charge in [-0.25, -0.2) is 9.18 Å². The average molecular weight is 398 g/mol. The summed E-state index contributed by atoms with van der Waals surface area (Å²) in [6, 6.07) is 31.0. The van der Waals surface area contributed by atoms with Gasteiger partial charge >= 0.3 is 6.16 Å². The fourth-order valence-corrected chi connectivity index (χ4v) is 3.23. The molecule has 3 nitrogen and oxygen atoms in total. The fraction of sp³-hybridized carbons (Fsp3) is 0.0385. The van der Waals surface area contributed by atoms with E-state index in [0.29, 0.717) is 12.2 Å². The van der Waals surface area contributed by atoms with Crippen LogP contribution in [0.5, 0.6) is 11.5 Å². The van der Waals surface area contributed by atoms with Gasteiger partial charge < -0.3 is 9.47 Å². The van der Waals surface area contributed by atoms with Gasteiger partial charge in [0.15, 0.2) is 11.6 Å². The Morgan fingerprint density at radius 1 is 0.700 bits per heavy atom. The van der Waals surface area contributed by atoms with E-state index < -0.39 is 12.0 Å². The van der Waals surface area contributed by atoms with Crippen LogP contribution in [-0.2, 0) is 6.42 Å². The molecule has 0 saturated carbocycles. The molecule has 0 aliphatic carbocycles. The van der Waals surface area contributed by atoms with Gasteiger partial charge in [-0.15, -0.1) is 0 Å². The second kappa shape index (κ2) is 9.05. The molecule has 4 aromatic carbocycles. The van der Waals surface area contributed by atoms with Gasteiger partial charge in [0.1, 0.15) is 5.75 Å². The van der Waals surface area contributed by atoms with E-state index in [2.05, 4.69) is 0 Å². The van der Waals surface area contributed by atoms with Crippen LogP contribution >= 0.6 is 0 Å². The van der Waals surface area contributed by atoms with Crippen LogP contribution in [0.4, 0.5) is 9.18 Å². The molecular weight excluding hydrogens is 379 g/mol. The highest BCUT2D eigenvalue weighted by Gasteiger charge is 2.18. The minimum absolute atomic E-state index is 0.177. The number of halogens is 1. The third-order valence-electron chi connectivity index (χ3n) is 4.63. The van der Waals surface area contributed by atoms with Gasteiger partial charge in [-0.2, -0.15) is 0 Å². The standard InChI is InChI=1S/C26H19FO3/c27-23-16-7-8-17-24(23)29-26(28)30-25-21(18-19-10-3-1-4-11-19)14-9-15-22(25)20-12-5-2-6-13-20/h1-17H,18H2. The number of benzene rings is 4. The molecule has 4 rings (SSSR count). The summed E-state index contributed by atoms with van der Waals surface area (Å²) in [4.78, 5) is 12.5. The molecule has 0 unspecified atom stereocenters. The zero-order valence-corrected chi connectivity index (χ0v) is 16.1. The summed E-state index contributed by atoms with van der Waals surface area (Å²) in [6.07, 6.45) is -0.415. The number of carbonyl (C=O) groups is 1. The molecular formula is C26H19FO3. The van der Waals surface area contributed by atoms with E-state index >= 15 is 0 Å². The molecule has 0 spiro atoms. The van der Waals surface area contributed by atoms with Gasteiger partial charge in [0.25, 0.3) is 0 Å². The number of ether oxygens (including phenoxy) is 2. The zero-order valence-electron chi connectivity index (χ0n) is 16.1. The van der Waals surface area contributed by atoms with E-state index in [1.165, 1.54) is 18.2 Å². The number of rotatable bonds is 5. The highest BCUT2D eigenvalue weighted by atomic mass is 19.1. The molecule has 0 fully saturated rings. The predicted molar refractivity (Wildman–Crippen MR) is 114 cm³/mol. The first kappa shape index (κ1) is 19.4.